The van der Waals surface area contributed by atoms with Gasteiger partial charge < -0.3 is 4.57 Å². The first-order chi connectivity index (χ1) is 13.8. The maximum atomic E-state index is 13.3. The Morgan fingerprint density at radius 2 is 1.76 bits per heavy atom. The summed E-state index contributed by atoms with van der Waals surface area (Å²) in [5.41, 5.74) is 6.34. The van der Waals surface area contributed by atoms with Gasteiger partial charge in [-0.25, -0.2) is 4.98 Å². The lowest BCUT2D eigenvalue weighted by Gasteiger charge is -2.11. The number of aryl methyl sites for hydroxylation is 1. The van der Waals surface area contributed by atoms with Gasteiger partial charge in [0.05, 0.1) is 11.0 Å². The number of hydrogen-bond acceptors (Lipinski definition) is 3. The number of nitrogens with one attached hydrogen (secondary N) is 2. The van der Waals surface area contributed by atoms with Gasteiger partial charge in [-0.15, -0.1) is 0 Å². The third kappa shape index (κ3) is 4.81. The first kappa shape index (κ1) is 20.1. The van der Waals surface area contributed by atoms with Crippen LogP contribution in [0, 0.1) is 6.92 Å². The van der Waals surface area contributed by atoms with Gasteiger partial charge >= 0.3 is 6.18 Å². The Morgan fingerprint density at radius 3 is 2.48 bits per heavy atom. The van der Waals surface area contributed by atoms with E-state index in [1.807, 2.05) is 31.2 Å². The second-order valence-corrected chi connectivity index (χ2v) is 6.24. The van der Waals surface area contributed by atoms with Crippen molar-refractivity contribution in [3.8, 4) is 0 Å². The lowest BCUT2D eigenvalue weighted by Crippen LogP contribution is -2.42. The highest BCUT2D eigenvalue weighted by molar-refractivity contribution is 5.93. The molecule has 2 N–H and O–H groups in total. The van der Waals surface area contributed by atoms with Crippen molar-refractivity contribution in [3.63, 3.8) is 0 Å². The topological polar surface area (TPSA) is 76.0 Å². The number of hydrazine groups is 1. The van der Waals surface area contributed by atoms with Crippen molar-refractivity contribution in [2.75, 3.05) is 0 Å². The van der Waals surface area contributed by atoms with Crippen LogP contribution in [-0.4, -0.2) is 21.4 Å². The molecule has 0 fully saturated rings. The van der Waals surface area contributed by atoms with Crippen LogP contribution in [0.4, 0.5) is 13.2 Å². The Labute approximate surface area is 164 Å². The molecule has 150 valence electrons. The molecule has 2 aromatic carbocycles. The summed E-state index contributed by atoms with van der Waals surface area (Å²) in [5.74, 6) is -2.62. The van der Waals surface area contributed by atoms with Gasteiger partial charge in [0.15, 0.2) is 0 Å². The number of nitrogens with zero attached hydrogens (tertiary/aromatic N) is 2. The molecular formula is C20H17F3N4O2. The van der Waals surface area contributed by atoms with Crippen LogP contribution in [0.1, 0.15) is 17.0 Å². The first-order valence-electron chi connectivity index (χ1n) is 8.60. The summed E-state index contributed by atoms with van der Waals surface area (Å²) in [6, 6.07) is 13.4. The van der Waals surface area contributed by atoms with E-state index in [2.05, 4.69) is 15.8 Å². The van der Waals surface area contributed by atoms with E-state index in [9.17, 15) is 22.8 Å². The molecule has 1 aromatic heterocycles. The number of halogens is 3. The molecule has 0 unspecified atom stereocenters. The van der Waals surface area contributed by atoms with Gasteiger partial charge in [0.2, 0.25) is 5.82 Å². The van der Waals surface area contributed by atoms with Crippen molar-refractivity contribution in [2.45, 2.75) is 19.6 Å². The molecule has 0 spiro atoms. The zero-order chi connectivity index (χ0) is 21.0. The van der Waals surface area contributed by atoms with Crippen LogP contribution < -0.4 is 10.9 Å². The number of fused-ring (bicyclic) bond motifs is 1. The molecule has 6 nitrogen and oxygen atoms in total. The zero-order valence-electron chi connectivity index (χ0n) is 15.3. The Morgan fingerprint density at radius 1 is 1.07 bits per heavy atom. The van der Waals surface area contributed by atoms with E-state index >= 15 is 0 Å². The Hall–Kier alpha value is -3.62. The maximum Gasteiger partial charge on any atom is 0.449 e. The van der Waals surface area contributed by atoms with E-state index in [1.165, 1.54) is 18.2 Å². The molecule has 0 aliphatic carbocycles. The number of carbonyl (C=O) groups excluding carboxylic acids is 2. The first-order valence-corrected chi connectivity index (χ1v) is 8.60. The summed E-state index contributed by atoms with van der Waals surface area (Å²) in [6.45, 7) is 1.23. The fourth-order valence-corrected chi connectivity index (χ4v) is 2.75. The number of para-hydroxylation sites is 2. The van der Waals surface area contributed by atoms with E-state index in [0.717, 1.165) is 15.7 Å². The third-order valence-corrected chi connectivity index (χ3v) is 4.14. The number of imidazole rings is 1. The predicted molar refractivity (Wildman–Crippen MR) is 101 cm³/mol. The maximum absolute atomic E-state index is 13.3. The van der Waals surface area contributed by atoms with Crippen LogP contribution in [0.25, 0.3) is 17.1 Å². The monoisotopic (exact) mass is 402 g/mol. The molecule has 1 heterocycles. The van der Waals surface area contributed by atoms with Crippen molar-refractivity contribution in [2.24, 2.45) is 0 Å². The van der Waals surface area contributed by atoms with Gasteiger partial charge in [-0.05, 0) is 36.3 Å². The number of hydrogen-bond donors (Lipinski definition) is 2. The van der Waals surface area contributed by atoms with E-state index in [1.54, 1.807) is 18.2 Å². The Kier molecular flexibility index (Phi) is 5.67. The van der Waals surface area contributed by atoms with Crippen LogP contribution in [0.15, 0.2) is 54.6 Å². The van der Waals surface area contributed by atoms with Crippen molar-refractivity contribution in [1.82, 2.24) is 20.4 Å². The summed E-state index contributed by atoms with van der Waals surface area (Å²) in [7, 11) is 0. The van der Waals surface area contributed by atoms with E-state index in [0.29, 0.717) is 0 Å². The number of alkyl halides is 3. The number of benzene rings is 2. The highest BCUT2D eigenvalue weighted by Crippen LogP contribution is 2.31. The number of amides is 2. The van der Waals surface area contributed by atoms with E-state index in [-0.39, 0.29) is 11.0 Å². The van der Waals surface area contributed by atoms with Gasteiger partial charge in [0, 0.05) is 6.08 Å². The molecule has 0 aliphatic heterocycles. The average Bonchev–Trinajstić information content (AvgIpc) is 3.05. The van der Waals surface area contributed by atoms with Crippen molar-refractivity contribution in [3.05, 3.63) is 71.6 Å². The van der Waals surface area contributed by atoms with Crippen molar-refractivity contribution >= 4 is 28.9 Å². The summed E-state index contributed by atoms with van der Waals surface area (Å²) in [6.07, 6.45) is -1.93. The van der Waals surface area contributed by atoms with Gasteiger partial charge in [-0.1, -0.05) is 36.4 Å². The highest BCUT2D eigenvalue weighted by Gasteiger charge is 2.38. The van der Waals surface area contributed by atoms with Gasteiger partial charge in [0.25, 0.3) is 11.8 Å². The van der Waals surface area contributed by atoms with E-state index in [4.69, 9.17) is 0 Å². The normalized spacial score (nSPS) is 11.7. The van der Waals surface area contributed by atoms with Crippen molar-refractivity contribution in [1.29, 1.82) is 0 Å². The number of carbonyl (C=O) groups is 2. The molecule has 0 saturated carbocycles. The molecular weight excluding hydrogens is 385 g/mol. The molecule has 2 amide bonds. The fourth-order valence-electron chi connectivity index (χ4n) is 2.75. The molecule has 3 rings (SSSR count). The summed E-state index contributed by atoms with van der Waals surface area (Å²) >= 11 is 0. The zero-order valence-corrected chi connectivity index (χ0v) is 15.3. The fraction of sp³-hybridized carbons (Fsp3) is 0.150. The molecule has 0 radical (unpaired) electrons. The Balaban J connectivity index is 1.67. The summed E-state index contributed by atoms with van der Waals surface area (Å²) < 4.78 is 40.5. The second kappa shape index (κ2) is 8.17. The lowest BCUT2D eigenvalue weighted by atomic mass is 10.1. The summed E-state index contributed by atoms with van der Waals surface area (Å²) in [5, 5.41) is 0. The molecule has 29 heavy (non-hydrogen) atoms. The number of aromatic nitrogens is 2. The number of rotatable bonds is 4. The molecule has 0 bridgehead atoms. The quantitative estimate of drug-likeness (QED) is 0.520. The lowest BCUT2D eigenvalue weighted by molar-refractivity contribution is -0.147. The Bertz CT molecular complexity index is 1090. The largest absolute Gasteiger partial charge is 0.449 e. The smallest absolute Gasteiger partial charge is 0.311 e. The molecule has 3 aromatic rings. The average molecular weight is 402 g/mol. The standard InChI is InChI=1S/C20H17F3N4O2/c1-13-6-2-3-7-14(13)10-11-17(28)25-26-18(29)12-27-16-9-5-4-8-15(16)24-19(27)20(21,22)23/h2-11H,12H2,1H3,(H,25,28)(H,26,29)/b11-10+. The third-order valence-electron chi connectivity index (χ3n) is 4.14. The minimum absolute atomic E-state index is 0.123. The SMILES string of the molecule is Cc1ccccc1/C=C/C(=O)NNC(=O)Cn1c(C(F)(F)F)nc2ccccc21. The van der Waals surface area contributed by atoms with Gasteiger partial charge in [0.1, 0.15) is 6.54 Å². The minimum atomic E-state index is -4.72. The van der Waals surface area contributed by atoms with Crippen LogP contribution in [0.3, 0.4) is 0 Å². The van der Waals surface area contributed by atoms with Crippen LogP contribution in [0.2, 0.25) is 0 Å². The van der Waals surface area contributed by atoms with Crippen LogP contribution in [0.5, 0.6) is 0 Å². The predicted octanol–water partition coefficient (Wildman–Crippen LogP) is 3.22. The van der Waals surface area contributed by atoms with Crippen LogP contribution >= 0.6 is 0 Å². The van der Waals surface area contributed by atoms with Crippen LogP contribution in [-0.2, 0) is 22.3 Å². The van der Waals surface area contributed by atoms with E-state index < -0.39 is 30.4 Å². The second-order valence-electron chi connectivity index (χ2n) is 6.24. The van der Waals surface area contributed by atoms with Gasteiger partial charge in [-0.2, -0.15) is 13.2 Å². The van der Waals surface area contributed by atoms with Crippen molar-refractivity contribution < 1.29 is 22.8 Å². The highest BCUT2D eigenvalue weighted by atomic mass is 19.4. The molecule has 9 heteroatoms. The molecule has 0 atom stereocenters. The molecule has 0 aliphatic rings. The molecule has 0 saturated heterocycles. The summed E-state index contributed by atoms with van der Waals surface area (Å²) in [4.78, 5) is 27.5. The van der Waals surface area contributed by atoms with Gasteiger partial charge in [-0.3, -0.25) is 20.4 Å². The minimum Gasteiger partial charge on any atom is -0.311 e.